The Labute approximate surface area is 200 Å². The van der Waals surface area contributed by atoms with Crippen molar-refractivity contribution in [1.29, 1.82) is 0 Å². The standard InChI is InChI=1S/C24H21Cl2N3O4/c1-2-31-18-4-6-19(7-5-18)32-15-20-8-10-23(33-20)24(30)28-17-12-27-29(14-17)13-16-3-9-21(25)22(26)11-16/h3-12,14H,2,13,15H2,1H3,(H,28,30). The fraction of sp³-hybridized carbons (Fsp3) is 0.167. The molecule has 2 heterocycles. The largest absolute Gasteiger partial charge is 0.494 e. The molecule has 0 saturated carbocycles. The third-order valence-electron chi connectivity index (χ3n) is 4.62. The normalized spacial score (nSPS) is 10.8. The van der Waals surface area contributed by atoms with Crippen LogP contribution in [0.4, 0.5) is 5.69 Å². The maximum absolute atomic E-state index is 12.5. The summed E-state index contributed by atoms with van der Waals surface area (Å²) in [5, 5.41) is 8.01. The Kier molecular flexibility index (Phi) is 7.22. The van der Waals surface area contributed by atoms with Crippen LogP contribution in [0.5, 0.6) is 11.5 Å². The average Bonchev–Trinajstić information content (AvgIpc) is 3.46. The predicted octanol–water partition coefficient (Wildman–Crippen LogP) is 6.06. The first-order valence-corrected chi connectivity index (χ1v) is 11.0. The van der Waals surface area contributed by atoms with Crippen molar-refractivity contribution in [3.8, 4) is 11.5 Å². The molecule has 0 bridgehead atoms. The molecule has 0 saturated heterocycles. The van der Waals surface area contributed by atoms with Crippen LogP contribution < -0.4 is 14.8 Å². The van der Waals surface area contributed by atoms with Crippen molar-refractivity contribution >= 4 is 34.8 Å². The van der Waals surface area contributed by atoms with Gasteiger partial charge in [-0.2, -0.15) is 5.10 Å². The Morgan fingerprint density at radius 1 is 1.03 bits per heavy atom. The molecule has 0 aliphatic rings. The van der Waals surface area contributed by atoms with Gasteiger partial charge in [0, 0.05) is 6.20 Å². The molecule has 4 rings (SSSR count). The fourth-order valence-corrected chi connectivity index (χ4v) is 3.38. The molecule has 1 N–H and O–H groups in total. The van der Waals surface area contributed by atoms with Gasteiger partial charge in [-0.25, -0.2) is 0 Å². The molecule has 9 heteroatoms. The summed E-state index contributed by atoms with van der Waals surface area (Å²) in [4.78, 5) is 12.5. The second-order valence-corrected chi connectivity index (χ2v) is 7.90. The smallest absolute Gasteiger partial charge is 0.291 e. The van der Waals surface area contributed by atoms with Crippen LogP contribution in [-0.2, 0) is 13.2 Å². The molecule has 0 radical (unpaired) electrons. The van der Waals surface area contributed by atoms with Gasteiger partial charge in [0.1, 0.15) is 23.9 Å². The number of benzene rings is 2. The Hall–Kier alpha value is -3.42. The van der Waals surface area contributed by atoms with Gasteiger partial charge in [0.25, 0.3) is 5.91 Å². The van der Waals surface area contributed by atoms with Crippen molar-refractivity contribution in [2.24, 2.45) is 0 Å². The zero-order chi connectivity index (χ0) is 23.2. The molecule has 0 aliphatic heterocycles. The number of nitrogens with one attached hydrogen (secondary N) is 1. The number of ether oxygens (including phenoxy) is 2. The third-order valence-corrected chi connectivity index (χ3v) is 5.36. The quantitative estimate of drug-likeness (QED) is 0.311. The molecular formula is C24H21Cl2N3O4. The highest BCUT2D eigenvalue weighted by molar-refractivity contribution is 6.42. The van der Waals surface area contributed by atoms with Crippen molar-refractivity contribution in [1.82, 2.24) is 9.78 Å². The summed E-state index contributed by atoms with van der Waals surface area (Å²) in [6, 6.07) is 16.0. The number of amides is 1. The molecule has 0 fully saturated rings. The topological polar surface area (TPSA) is 78.5 Å². The van der Waals surface area contributed by atoms with E-state index in [0.717, 1.165) is 11.3 Å². The molecular weight excluding hydrogens is 465 g/mol. The average molecular weight is 486 g/mol. The molecule has 170 valence electrons. The molecule has 0 aliphatic carbocycles. The number of hydrogen-bond donors (Lipinski definition) is 1. The van der Waals surface area contributed by atoms with Gasteiger partial charge in [0.2, 0.25) is 0 Å². The van der Waals surface area contributed by atoms with E-state index in [2.05, 4.69) is 10.4 Å². The summed E-state index contributed by atoms with van der Waals surface area (Å²) < 4.78 is 18.4. The van der Waals surface area contributed by atoms with Crippen LogP contribution in [0.2, 0.25) is 10.0 Å². The van der Waals surface area contributed by atoms with Crippen LogP contribution in [0.3, 0.4) is 0 Å². The molecule has 2 aromatic heterocycles. The first-order chi connectivity index (χ1) is 16.0. The van der Waals surface area contributed by atoms with E-state index in [9.17, 15) is 4.79 Å². The van der Waals surface area contributed by atoms with Crippen molar-refractivity contribution in [3.05, 3.63) is 94.1 Å². The van der Waals surface area contributed by atoms with Crippen LogP contribution in [0.15, 0.2) is 71.4 Å². The van der Waals surface area contributed by atoms with Gasteiger partial charge in [0.05, 0.1) is 35.1 Å². The molecule has 0 atom stereocenters. The number of carbonyl (C=O) groups excluding carboxylic acids is 1. The molecule has 0 spiro atoms. The second kappa shape index (κ2) is 10.5. The summed E-state index contributed by atoms with van der Waals surface area (Å²) in [5.41, 5.74) is 1.48. The van der Waals surface area contributed by atoms with E-state index < -0.39 is 0 Å². The summed E-state index contributed by atoms with van der Waals surface area (Å²) in [6.45, 7) is 3.22. The SMILES string of the molecule is CCOc1ccc(OCc2ccc(C(=O)Nc3cnn(Cc4ccc(Cl)c(Cl)c4)c3)o2)cc1. The minimum absolute atomic E-state index is 0.178. The Morgan fingerprint density at radius 2 is 1.79 bits per heavy atom. The number of halogens is 2. The Balaban J connectivity index is 1.30. The van der Waals surface area contributed by atoms with Gasteiger partial charge < -0.3 is 19.2 Å². The van der Waals surface area contributed by atoms with Crippen molar-refractivity contribution in [3.63, 3.8) is 0 Å². The molecule has 0 unspecified atom stereocenters. The molecule has 33 heavy (non-hydrogen) atoms. The third kappa shape index (κ3) is 6.09. The van der Waals surface area contributed by atoms with Gasteiger partial charge in [-0.1, -0.05) is 29.3 Å². The van der Waals surface area contributed by atoms with Gasteiger partial charge in [-0.15, -0.1) is 0 Å². The second-order valence-electron chi connectivity index (χ2n) is 7.09. The number of nitrogens with zero attached hydrogens (tertiary/aromatic N) is 2. The first kappa shape index (κ1) is 22.8. The van der Waals surface area contributed by atoms with Crippen LogP contribution >= 0.6 is 23.2 Å². The van der Waals surface area contributed by atoms with Crippen LogP contribution in [0, 0.1) is 0 Å². The van der Waals surface area contributed by atoms with E-state index in [4.69, 9.17) is 37.1 Å². The zero-order valence-corrected chi connectivity index (χ0v) is 19.3. The van der Waals surface area contributed by atoms with Crippen LogP contribution in [-0.4, -0.2) is 22.3 Å². The molecule has 7 nitrogen and oxygen atoms in total. The maximum Gasteiger partial charge on any atom is 0.291 e. The number of rotatable bonds is 9. The van der Waals surface area contributed by atoms with Crippen LogP contribution in [0.25, 0.3) is 0 Å². The first-order valence-electron chi connectivity index (χ1n) is 10.2. The Morgan fingerprint density at radius 3 is 2.52 bits per heavy atom. The van der Waals surface area contributed by atoms with Gasteiger partial charge in [-0.05, 0) is 61.0 Å². The van der Waals surface area contributed by atoms with Crippen molar-refractivity contribution in [2.45, 2.75) is 20.1 Å². The summed E-state index contributed by atoms with van der Waals surface area (Å²) in [5.74, 6) is 1.79. The lowest BCUT2D eigenvalue weighted by molar-refractivity contribution is 0.0992. The van der Waals surface area contributed by atoms with E-state index in [-0.39, 0.29) is 18.3 Å². The number of anilines is 1. The number of furan rings is 1. The highest BCUT2D eigenvalue weighted by atomic mass is 35.5. The van der Waals surface area contributed by atoms with Crippen LogP contribution in [0.1, 0.15) is 28.8 Å². The van der Waals surface area contributed by atoms with E-state index in [1.807, 2.05) is 37.3 Å². The molecule has 4 aromatic rings. The summed E-state index contributed by atoms with van der Waals surface area (Å²) in [7, 11) is 0. The molecule has 1 amide bonds. The minimum atomic E-state index is -0.378. The molecule has 2 aromatic carbocycles. The summed E-state index contributed by atoms with van der Waals surface area (Å²) in [6.07, 6.45) is 3.29. The van der Waals surface area contributed by atoms with E-state index in [1.165, 1.54) is 0 Å². The predicted molar refractivity (Wildman–Crippen MR) is 126 cm³/mol. The maximum atomic E-state index is 12.5. The highest BCUT2D eigenvalue weighted by Gasteiger charge is 2.13. The van der Waals surface area contributed by atoms with Crippen molar-refractivity contribution < 1.29 is 18.7 Å². The van der Waals surface area contributed by atoms with E-state index in [1.54, 1.807) is 41.3 Å². The lowest BCUT2D eigenvalue weighted by Gasteiger charge is -2.06. The number of aromatic nitrogens is 2. The van der Waals surface area contributed by atoms with Gasteiger partial charge in [0.15, 0.2) is 5.76 Å². The number of carbonyl (C=O) groups is 1. The lowest BCUT2D eigenvalue weighted by atomic mass is 10.2. The number of hydrogen-bond acceptors (Lipinski definition) is 5. The zero-order valence-electron chi connectivity index (χ0n) is 17.8. The summed E-state index contributed by atoms with van der Waals surface area (Å²) >= 11 is 12.0. The minimum Gasteiger partial charge on any atom is -0.494 e. The van der Waals surface area contributed by atoms with E-state index >= 15 is 0 Å². The lowest BCUT2D eigenvalue weighted by Crippen LogP contribution is -2.10. The Bertz CT molecular complexity index is 1230. The van der Waals surface area contributed by atoms with Gasteiger partial charge in [-0.3, -0.25) is 9.48 Å². The monoisotopic (exact) mass is 485 g/mol. The fourth-order valence-electron chi connectivity index (χ4n) is 3.06. The van der Waals surface area contributed by atoms with Crippen molar-refractivity contribution in [2.75, 3.05) is 11.9 Å². The highest BCUT2D eigenvalue weighted by Crippen LogP contribution is 2.23. The van der Waals surface area contributed by atoms with Gasteiger partial charge >= 0.3 is 0 Å². The van der Waals surface area contributed by atoms with E-state index in [0.29, 0.717) is 40.4 Å².